The number of amides is 1. The first-order valence-electron chi connectivity index (χ1n) is 12.3. The number of ether oxygens (including phenoxy) is 1. The third-order valence-electron chi connectivity index (χ3n) is 8.68. The molecule has 0 radical (unpaired) electrons. The molecule has 6 rings (SSSR count). The van der Waals surface area contributed by atoms with Crippen molar-refractivity contribution in [1.82, 2.24) is 9.80 Å². The zero-order valence-corrected chi connectivity index (χ0v) is 19.9. The summed E-state index contributed by atoms with van der Waals surface area (Å²) in [5, 5.41) is 10.8. The van der Waals surface area contributed by atoms with E-state index in [0.29, 0.717) is 17.7 Å². The lowest BCUT2D eigenvalue weighted by molar-refractivity contribution is -0.135. The Morgan fingerprint density at radius 1 is 1.35 bits per heavy atom. The Hall–Kier alpha value is -2.99. The molecular formula is C28H32N2O4. The van der Waals surface area contributed by atoms with E-state index >= 15 is 0 Å². The lowest BCUT2D eigenvalue weighted by Crippen LogP contribution is -2.69. The van der Waals surface area contributed by atoms with Gasteiger partial charge in [0.05, 0.1) is 18.6 Å². The average Bonchev–Trinajstić information content (AvgIpc) is 3.45. The van der Waals surface area contributed by atoms with Gasteiger partial charge in [-0.25, -0.2) is 0 Å². The number of benzene rings is 1. The summed E-state index contributed by atoms with van der Waals surface area (Å²) in [7, 11) is 1.88. The van der Waals surface area contributed by atoms with Gasteiger partial charge in [0.15, 0.2) is 11.5 Å². The molecule has 2 fully saturated rings. The molecule has 2 aliphatic carbocycles. The summed E-state index contributed by atoms with van der Waals surface area (Å²) < 4.78 is 11.7. The fourth-order valence-electron chi connectivity index (χ4n) is 7.36. The highest BCUT2D eigenvalue weighted by molar-refractivity contribution is 5.91. The summed E-state index contributed by atoms with van der Waals surface area (Å²) in [4.78, 5) is 17.6. The predicted octanol–water partition coefficient (Wildman–Crippen LogP) is 4.14. The topological polar surface area (TPSA) is 66.2 Å². The molecule has 2 aromatic rings. The van der Waals surface area contributed by atoms with Crippen LogP contribution >= 0.6 is 0 Å². The van der Waals surface area contributed by atoms with Crippen LogP contribution in [0, 0.1) is 5.92 Å². The van der Waals surface area contributed by atoms with Gasteiger partial charge in [0.2, 0.25) is 5.91 Å². The van der Waals surface area contributed by atoms with Crippen molar-refractivity contribution in [2.24, 2.45) is 5.92 Å². The number of hydrogen-bond acceptors (Lipinski definition) is 5. The van der Waals surface area contributed by atoms with Gasteiger partial charge in [-0.1, -0.05) is 18.2 Å². The molecule has 1 spiro atoms. The minimum absolute atomic E-state index is 0.0443. The van der Waals surface area contributed by atoms with E-state index in [9.17, 15) is 9.90 Å². The van der Waals surface area contributed by atoms with E-state index in [-0.39, 0.29) is 29.2 Å². The van der Waals surface area contributed by atoms with Crippen molar-refractivity contribution in [2.75, 3.05) is 20.1 Å². The van der Waals surface area contributed by atoms with Crippen LogP contribution in [0.2, 0.25) is 0 Å². The molecule has 1 amide bonds. The molecule has 1 saturated carbocycles. The number of furan rings is 1. The van der Waals surface area contributed by atoms with E-state index < -0.39 is 0 Å². The third kappa shape index (κ3) is 3.01. The van der Waals surface area contributed by atoms with Crippen LogP contribution in [0.25, 0.3) is 6.08 Å². The van der Waals surface area contributed by atoms with E-state index in [0.717, 1.165) is 44.3 Å². The minimum Gasteiger partial charge on any atom is -0.504 e. The fourth-order valence-corrected chi connectivity index (χ4v) is 7.36. The summed E-state index contributed by atoms with van der Waals surface area (Å²) in [6.45, 7) is 8.18. The Balaban J connectivity index is 1.37. The first-order valence-corrected chi connectivity index (χ1v) is 12.3. The quantitative estimate of drug-likeness (QED) is 0.537. The second kappa shape index (κ2) is 7.77. The molecule has 2 bridgehead atoms. The van der Waals surface area contributed by atoms with Gasteiger partial charge in [0.25, 0.3) is 0 Å². The second-order valence-electron chi connectivity index (χ2n) is 10.6. The lowest BCUT2D eigenvalue weighted by Gasteiger charge is -2.60. The van der Waals surface area contributed by atoms with E-state index in [4.69, 9.17) is 9.15 Å². The van der Waals surface area contributed by atoms with Gasteiger partial charge < -0.3 is 19.2 Å². The monoisotopic (exact) mass is 460 g/mol. The molecule has 0 unspecified atom stereocenters. The minimum atomic E-state index is -0.163. The van der Waals surface area contributed by atoms with Crippen molar-refractivity contribution < 1.29 is 19.1 Å². The maximum absolute atomic E-state index is 13.2. The number of nitrogens with zero attached hydrogens (tertiary/aromatic N) is 2. The molecule has 4 aliphatic rings. The average molecular weight is 461 g/mol. The van der Waals surface area contributed by atoms with Crippen molar-refractivity contribution in [3.05, 3.63) is 65.6 Å². The number of piperidine rings is 1. The maximum Gasteiger partial charge on any atom is 0.246 e. The van der Waals surface area contributed by atoms with Crippen LogP contribution in [0.3, 0.4) is 0 Å². The van der Waals surface area contributed by atoms with E-state index in [1.54, 1.807) is 30.7 Å². The summed E-state index contributed by atoms with van der Waals surface area (Å²) >= 11 is 0. The molecule has 1 saturated heterocycles. The Bertz CT molecular complexity index is 1170. The van der Waals surface area contributed by atoms with Gasteiger partial charge in [-0.2, -0.15) is 0 Å². The number of phenols is 1. The van der Waals surface area contributed by atoms with Crippen LogP contribution in [-0.2, 0) is 16.6 Å². The van der Waals surface area contributed by atoms with Crippen LogP contribution in [0.15, 0.2) is 53.4 Å². The first kappa shape index (κ1) is 21.5. The largest absolute Gasteiger partial charge is 0.504 e. The molecule has 178 valence electrons. The fraction of sp³-hybridized carbons (Fsp3) is 0.464. The molecule has 5 atom stereocenters. The van der Waals surface area contributed by atoms with Crippen LogP contribution in [0.1, 0.15) is 42.9 Å². The van der Waals surface area contributed by atoms with E-state index in [1.165, 1.54) is 16.7 Å². The lowest BCUT2D eigenvalue weighted by atomic mass is 9.51. The molecule has 34 heavy (non-hydrogen) atoms. The standard InChI is InChI=1S/C28H32N2O4/c1-17(2)15-30-12-11-28-20-6-7-21(29(3)24(32)9-4-18-10-13-33-16-18)27(28)34-26-23(31)8-5-19(25(26)28)14-22(20)30/h4-5,8-10,13,16,20-22,27,31H,1,6-7,11-12,14-15H2,2-3H3/t20-,21+,22+,27-,28-/m0/s1. The van der Waals surface area contributed by atoms with Crippen LogP contribution in [-0.4, -0.2) is 59.1 Å². The molecule has 2 aliphatic heterocycles. The van der Waals surface area contributed by atoms with E-state index in [1.807, 2.05) is 18.0 Å². The molecule has 1 N–H and O–H groups in total. The Kier molecular flexibility index (Phi) is 4.92. The number of hydrogen-bond donors (Lipinski definition) is 1. The number of rotatable bonds is 5. The highest BCUT2D eigenvalue weighted by Crippen LogP contribution is 2.64. The Morgan fingerprint density at radius 3 is 2.97 bits per heavy atom. The van der Waals surface area contributed by atoms with Crippen LogP contribution < -0.4 is 4.74 Å². The number of carbonyl (C=O) groups excluding carboxylic acids is 1. The Morgan fingerprint density at radius 2 is 2.21 bits per heavy atom. The van der Waals surface area contributed by atoms with Gasteiger partial charge in [-0.15, -0.1) is 0 Å². The summed E-state index contributed by atoms with van der Waals surface area (Å²) in [5.74, 6) is 1.28. The van der Waals surface area contributed by atoms with Gasteiger partial charge in [0.1, 0.15) is 6.10 Å². The first-order chi connectivity index (χ1) is 16.4. The highest BCUT2D eigenvalue weighted by Gasteiger charge is 2.66. The normalized spacial score (nSPS) is 31.2. The highest BCUT2D eigenvalue weighted by atomic mass is 16.5. The van der Waals surface area contributed by atoms with Gasteiger partial charge in [-0.3, -0.25) is 9.69 Å². The van der Waals surface area contributed by atoms with Gasteiger partial charge >= 0.3 is 0 Å². The SMILES string of the molecule is C=C(C)CN1CC[C@]23c4c5ccc(O)c4O[C@H]2[C@H](N(C)C(=O)C=Cc2ccoc2)CC[C@H]3[C@H]1C5. The summed E-state index contributed by atoms with van der Waals surface area (Å²) in [6, 6.07) is 6.07. The van der Waals surface area contributed by atoms with Crippen LogP contribution in [0.5, 0.6) is 11.5 Å². The number of likely N-dealkylation sites (tertiary alicyclic amines) is 1. The maximum atomic E-state index is 13.2. The van der Waals surface area contributed by atoms with Crippen molar-refractivity contribution in [3.63, 3.8) is 0 Å². The number of likely N-dealkylation sites (N-methyl/N-ethyl adjacent to an activating group) is 1. The van der Waals surface area contributed by atoms with Crippen molar-refractivity contribution in [1.29, 1.82) is 0 Å². The third-order valence-corrected chi connectivity index (χ3v) is 8.68. The predicted molar refractivity (Wildman–Crippen MR) is 130 cm³/mol. The van der Waals surface area contributed by atoms with Gasteiger partial charge in [0, 0.05) is 42.3 Å². The zero-order chi connectivity index (χ0) is 23.6. The second-order valence-corrected chi connectivity index (χ2v) is 10.6. The Labute approximate surface area is 200 Å². The molecule has 1 aromatic heterocycles. The number of carbonyl (C=O) groups is 1. The van der Waals surface area contributed by atoms with E-state index in [2.05, 4.69) is 24.5 Å². The summed E-state index contributed by atoms with van der Waals surface area (Å²) in [6.07, 6.45) is 10.3. The van der Waals surface area contributed by atoms with Crippen LogP contribution in [0.4, 0.5) is 0 Å². The molecule has 1 aromatic carbocycles. The van der Waals surface area contributed by atoms with Crippen molar-refractivity contribution >= 4 is 12.0 Å². The smallest absolute Gasteiger partial charge is 0.246 e. The summed E-state index contributed by atoms with van der Waals surface area (Å²) in [5.41, 5.74) is 4.40. The van der Waals surface area contributed by atoms with Crippen molar-refractivity contribution in [2.45, 2.75) is 56.2 Å². The molecule has 6 heteroatoms. The molecule has 3 heterocycles. The molecule has 6 nitrogen and oxygen atoms in total. The van der Waals surface area contributed by atoms with Crippen molar-refractivity contribution in [3.8, 4) is 11.5 Å². The number of phenolic OH excluding ortho intramolecular Hbond substituents is 1. The molecular weight excluding hydrogens is 428 g/mol. The zero-order valence-electron chi connectivity index (χ0n) is 19.9. The number of aromatic hydroxyl groups is 1. The van der Waals surface area contributed by atoms with Gasteiger partial charge in [-0.05, 0) is 68.8 Å².